The van der Waals surface area contributed by atoms with Gasteiger partial charge in [-0.3, -0.25) is 4.79 Å². The van der Waals surface area contributed by atoms with Crippen molar-refractivity contribution in [2.24, 2.45) is 0 Å². The van der Waals surface area contributed by atoms with Gasteiger partial charge in [-0.15, -0.1) is 0 Å². The Kier molecular flexibility index (Phi) is 4.50. The van der Waals surface area contributed by atoms with Crippen LogP contribution < -0.4 is 0 Å². The topological polar surface area (TPSA) is 53.7 Å². The second kappa shape index (κ2) is 5.97. The molecule has 0 saturated heterocycles. The first-order valence-corrected chi connectivity index (χ1v) is 7.31. The molecule has 0 saturated carbocycles. The molecule has 20 heavy (non-hydrogen) atoms. The first-order chi connectivity index (χ1) is 9.38. The average molecular weight is 340 g/mol. The minimum Gasteiger partial charge on any atom is -0.451 e. The Morgan fingerprint density at radius 1 is 1.45 bits per heavy atom. The highest BCUT2D eigenvalue weighted by atomic mass is 79.9. The average Bonchev–Trinajstić information content (AvgIpc) is 2.78. The van der Waals surface area contributed by atoms with E-state index >= 15 is 0 Å². The second-order valence-electron chi connectivity index (χ2n) is 5.12. The largest absolute Gasteiger partial charge is 0.451 e. The maximum atomic E-state index is 12.3. The van der Waals surface area contributed by atoms with Gasteiger partial charge in [-0.1, -0.05) is 15.9 Å². The lowest BCUT2D eigenvalue weighted by molar-refractivity contribution is 0.0740. The number of aryl methyl sites for hydroxylation is 1. The molecule has 1 atom stereocenters. The fraction of sp³-hybridized carbons (Fsp3) is 0.400. The molecule has 1 aromatic carbocycles. The standard InChI is InChI=1S/C15H18BrNO3/c1-9-6-12(16)7-11-8-13(20-14(9)11)15(19)17(3)5-4-10(2)18/h6-8,10,18H,4-5H2,1-3H3. The van der Waals surface area contributed by atoms with Crippen LogP contribution in [-0.4, -0.2) is 35.6 Å². The van der Waals surface area contributed by atoms with Crippen molar-refractivity contribution in [2.45, 2.75) is 26.4 Å². The number of carbonyl (C=O) groups excluding carboxylic acids is 1. The zero-order valence-corrected chi connectivity index (χ0v) is 13.4. The Morgan fingerprint density at radius 3 is 2.80 bits per heavy atom. The summed E-state index contributed by atoms with van der Waals surface area (Å²) in [5.74, 6) is 0.159. The van der Waals surface area contributed by atoms with Crippen molar-refractivity contribution in [3.63, 3.8) is 0 Å². The van der Waals surface area contributed by atoms with Crippen molar-refractivity contribution in [1.29, 1.82) is 0 Å². The van der Waals surface area contributed by atoms with Crippen molar-refractivity contribution < 1.29 is 14.3 Å². The first-order valence-electron chi connectivity index (χ1n) is 6.51. The number of aliphatic hydroxyl groups excluding tert-OH is 1. The highest BCUT2D eigenvalue weighted by Gasteiger charge is 2.18. The van der Waals surface area contributed by atoms with Crippen LogP contribution in [0.25, 0.3) is 11.0 Å². The molecule has 0 aliphatic heterocycles. The first kappa shape index (κ1) is 15.1. The van der Waals surface area contributed by atoms with Crippen LogP contribution in [0.5, 0.6) is 0 Å². The molecule has 0 aliphatic rings. The van der Waals surface area contributed by atoms with Gasteiger partial charge in [0, 0.05) is 23.5 Å². The zero-order valence-electron chi connectivity index (χ0n) is 11.8. The van der Waals surface area contributed by atoms with Gasteiger partial charge in [0.15, 0.2) is 5.76 Å². The number of benzene rings is 1. The minimum absolute atomic E-state index is 0.169. The summed E-state index contributed by atoms with van der Waals surface area (Å²) < 4.78 is 6.63. The van der Waals surface area contributed by atoms with Crippen molar-refractivity contribution in [3.8, 4) is 0 Å². The number of halogens is 1. The molecule has 0 aliphatic carbocycles. The van der Waals surface area contributed by atoms with Crippen LogP contribution in [0.1, 0.15) is 29.5 Å². The summed E-state index contributed by atoms with van der Waals surface area (Å²) in [5.41, 5.74) is 1.72. The Hall–Kier alpha value is -1.33. The van der Waals surface area contributed by atoms with E-state index in [0.29, 0.717) is 18.7 Å². The number of fused-ring (bicyclic) bond motifs is 1. The summed E-state index contributed by atoms with van der Waals surface area (Å²) in [6.07, 6.45) is 0.131. The number of carbonyl (C=O) groups is 1. The second-order valence-corrected chi connectivity index (χ2v) is 6.03. The number of hydrogen-bond donors (Lipinski definition) is 1. The highest BCUT2D eigenvalue weighted by Crippen LogP contribution is 2.27. The Balaban J connectivity index is 2.24. The van der Waals surface area contributed by atoms with E-state index in [1.54, 1.807) is 24.9 Å². The molecule has 4 nitrogen and oxygen atoms in total. The van der Waals surface area contributed by atoms with E-state index in [0.717, 1.165) is 21.0 Å². The Labute approximate surface area is 126 Å². The van der Waals surface area contributed by atoms with E-state index in [1.807, 2.05) is 19.1 Å². The van der Waals surface area contributed by atoms with E-state index in [-0.39, 0.29) is 5.91 Å². The zero-order chi connectivity index (χ0) is 14.9. The van der Waals surface area contributed by atoms with Gasteiger partial charge in [0.1, 0.15) is 5.58 Å². The van der Waals surface area contributed by atoms with Gasteiger partial charge in [0.05, 0.1) is 6.10 Å². The third-order valence-electron chi connectivity index (χ3n) is 3.21. The minimum atomic E-state index is -0.417. The van der Waals surface area contributed by atoms with Crippen LogP contribution in [0, 0.1) is 6.92 Å². The van der Waals surface area contributed by atoms with Gasteiger partial charge in [-0.25, -0.2) is 0 Å². The third kappa shape index (κ3) is 3.22. The van der Waals surface area contributed by atoms with Crippen molar-refractivity contribution in [1.82, 2.24) is 4.90 Å². The van der Waals surface area contributed by atoms with Crippen LogP contribution in [0.2, 0.25) is 0 Å². The summed E-state index contributed by atoms with van der Waals surface area (Å²) >= 11 is 3.43. The summed E-state index contributed by atoms with van der Waals surface area (Å²) in [4.78, 5) is 13.8. The van der Waals surface area contributed by atoms with Crippen LogP contribution in [-0.2, 0) is 0 Å². The van der Waals surface area contributed by atoms with Gasteiger partial charge in [0.2, 0.25) is 0 Å². The third-order valence-corrected chi connectivity index (χ3v) is 3.66. The molecule has 1 N–H and O–H groups in total. The van der Waals surface area contributed by atoms with Crippen LogP contribution in [0.4, 0.5) is 0 Å². The predicted octanol–water partition coefficient (Wildman–Crippen LogP) is 3.35. The van der Waals surface area contributed by atoms with Gasteiger partial charge < -0.3 is 14.4 Å². The molecule has 0 radical (unpaired) electrons. The van der Waals surface area contributed by atoms with Gasteiger partial charge in [-0.05, 0) is 44.0 Å². The smallest absolute Gasteiger partial charge is 0.289 e. The summed E-state index contributed by atoms with van der Waals surface area (Å²) in [5, 5.41) is 10.2. The van der Waals surface area contributed by atoms with E-state index < -0.39 is 6.10 Å². The van der Waals surface area contributed by atoms with Crippen LogP contribution >= 0.6 is 15.9 Å². The highest BCUT2D eigenvalue weighted by molar-refractivity contribution is 9.10. The van der Waals surface area contributed by atoms with Crippen molar-refractivity contribution >= 4 is 32.8 Å². The number of rotatable bonds is 4. The maximum absolute atomic E-state index is 12.3. The monoisotopic (exact) mass is 339 g/mol. The maximum Gasteiger partial charge on any atom is 0.289 e. The molecule has 2 aromatic rings. The predicted molar refractivity (Wildman–Crippen MR) is 81.9 cm³/mol. The fourth-order valence-electron chi connectivity index (χ4n) is 2.06. The molecule has 1 aromatic heterocycles. The van der Waals surface area contributed by atoms with Gasteiger partial charge >= 0.3 is 0 Å². The summed E-state index contributed by atoms with van der Waals surface area (Å²) in [6, 6.07) is 5.64. The van der Waals surface area contributed by atoms with E-state index in [2.05, 4.69) is 15.9 Å². The number of aliphatic hydroxyl groups is 1. The van der Waals surface area contributed by atoms with Crippen LogP contribution in [0.3, 0.4) is 0 Å². The summed E-state index contributed by atoms with van der Waals surface area (Å²) in [7, 11) is 1.71. The Bertz CT molecular complexity index is 633. The van der Waals surface area contributed by atoms with Crippen molar-refractivity contribution in [3.05, 3.63) is 34.0 Å². The molecule has 1 unspecified atom stereocenters. The number of furan rings is 1. The number of hydrogen-bond acceptors (Lipinski definition) is 3. The molecular weight excluding hydrogens is 322 g/mol. The quantitative estimate of drug-likeness (QED) is 0.929. The van der Waals surface area contributed by atoms with E-state index in [1.165, 1.54) is 0 Å². The summed E-state index contributed by atoms with van der Waals surface area (Å²) in [6.45, 7) is 4.15. The molecule has 0 spiro atoms. The van der Waals surface area contributed by atoms with E-state index in [9.17, 15) is 9.90 Å². The normalized spacial score (nSPS) is 12.7. The lowest BCUT2D eigenvalue weighted by Crippen LogP contribution is -2.29. The number of amides is 1. The SMILES string of the molecule is Cc1cc(Br)cc2cc(C(=O)N(C)CCC(C)O)oc12. The molecule has 5 heteroatoms. The molecule has 0 bridgehead atoms. The van der Waals surface area contributed by atoms with E-state index in [4.69, 9.17) is 4.42 Å². The number of nitrogens with zero attached hydrogens (tertiary/aromatic N) is 1. The fourth-order valence-corrected chi connectivity index (χ4v) is 2.65. The molecule has 0 fully saturated rings. The lowest BCUT2D eigenvalue weighted by atomic mass is 10.2. The lowest BCUT2D eigenvalue weighted by Gasteiger charge is -2.16. The van der Waals surface area contributed by atoms with Crippen molar-refractivity contribution in [2.75, 3.05) is 13.6 Å². The Morgan fingerprint density at radius 2 is 2.15 bits per heavy atom. The molecule has 2 rings (SSSR count). The van der Waals surface area contributed by atoms with Gasteiger partial charge in [-0.2, -0.15) is 0 Å². The molecule has 1 amide bonds. The van der Waals surface area contributed by atoms with Crippen LogP contribution in [0.15, 0.2) is 27.1 Å². The molecular formula is C15H18BrNO3. The molecule has 1 heterocycles. The van der Waals surface area contributed by atoms with Gasteiger partial charge in [0.25, 0.3) is 5.91 Å². The molecule has 108 valence electrons.